The van der Waals surface area contributed by atoms with Crippen LogP contribution in [0.3, 0.4) is 0 Å². The third-order valence-corrected chi connectivity index (χ3v) is 6.80. The number of fused-ring (bicyclic) bond motifs is 2. The molecule has 0 bridgehead atoms. The second-order valence-electron chi connectivity index (χ2n) is 8.96. The molecule has 8 nitrogen and oxygen atoms in total. The number of aromatic nitrogens is 6. The lowest BCUT2D eigenvalue weighted by Gasteiger charge is -2.13. The maximum Gasteiger partial charge on any atom is 0.295 e. The van der Waals surface area contributed by atoms with Crippen LogP contribution in [-0.2, 0) is 11.8 Å². The van der Waals surface area contributed by atoms with Crippen molar-refractivity contribution in [3.05, 3.63) is 107 Å². The highest BCUT2D eigenvalue weighted by molar-refractivity contribution is 9.10. The second-order valence-corrected chi connectivity index (χ2v) is 9.81. The lowest BCUT2D eigenvalue weighted by atomic mass is 10.0. The number of alkyl halides is 4. The number of nitrogens with zero attached hydrogens (tertiary/aromatic N) is 6. The zero-order chi connectivity index (χ0) is 29.2. The van der Waals surface area contributed by atoms with Gasteiger partial charge in [0.25, 0.3) is 11.8 Å². The molecular formula is C28H21BrF4N6O2. The van der Waals surface area contributed by atoms with Crippen LogP contribution in [0.2, 0.25) is 0 Å². The van der Waals surface area contributed by atoms with E-state index in [1.165, 1.54) is 24.3 Å². The zero-order valence-electron chi connectivity index (χ0n) is 21.0. The topological polar surface area (TPSA) is 101 Å². The molecule has 6 rings (SSSR count). The van der Waals surface area contributed by atoms with Crippen molar-refractivity contribution in [2.45, 2.75) is 11.8 Å². The molecule has 0 fully saturated rings. The first kappa shape index (κ1) is 28.3. The van der Waals surface area contributed by atoms with Gasteiger partial charge in [-0.25, -0.2) is 19.0 Å². The van der Waals surface area contributed by atoms with Crippen molar-refractivity contribution in [3.8, 4) is 22.3 Å². The summed E-state index contributed by atoms with van der Waals surface area (Å²) >= 11 is 3.33. The van der Waals surface area contributed by atoms with Gasteiger partial charge in [-0.05, 0) is 27.1 Å². The molecule has 4 aromatic heterocycles. The zero-order valence-corrected chi connectivity index (χ0v) is 22.6. The van der Waals surface area contributed by atoms with Gasteiger partial charge in [0, 0.05) is 53.1 Å². The summed E-state index contributed by atoms with van der Waals surface area (Å²) in [6.07, 6.45) is 10.1. The molecule has 2 aromatic carbocycles. The fraction of sp³-hybridized carbons (Fsp3) is 0.143. The van der Waals surface area contributed by atoms with Gasteiger partial charge in [0.2, 0.25) is 0 Å². The maximum atomic E-state index is 13.3. The lowest BCUT2D eigenvalue weighted by Crippen LogP contribution is -2.18. The summed E-state index contributed by atoms with van der Waals surface area (Å²) in [5.41, 5.74) is 4.01. The molecule has 41 heavy (non-hydrogen) atoms. The Morgan fingerprint density at radius 2 is 1.15 bits per heavy atom. The van der Waals surface area contributed by atoms with Crippen LogP contribution in [0.1, 0.15) is 11.1 Å². The van der Waals surface area contributed by atoms with E-state index in [0.29, 0.717) is 5.65 Å². The smallest absolute Gasteiger partial charge is 0.295 e. The first-order valence-electron chi connectivity index (χ1n) is 12.1. The van der Waals surface area contributed by atoms with Crippen LogP contribution in [0, 0.1) is 0 Å². The number of benzene rings is 2. The Hall–Kier alpha value is -4.20. The molecule has 210 valence electrons. The molecule has 13 heteroatoms. The quantitative estimate of drug-likeness (QED) is 0.229. The third kappa shape index (κ3) is 5.97. The van der Waals surface area contributed by atoms with Gasteiger partial charge in [0.1, 0.15) is 13.2 Å². The van der Waals surface area contributed by atoms with Gasteiger partial charge in [-0.2, -0.15) is 27.8 Å². The van der Waals surface area contributed by atoms with Crippen LogP contribution in [0.25, 0.3) is 33.5 Å². The van der Waals surface area contributed by atoms with Crippen molar-refractivity contribution in [2.75, 3.05) is 13.2 Å². The predicted octanol–water partition coefficient (Wildman–Crippen LogP) is 5.72. The second kappa shape index (κ2) is 11.4. The molecule has 0 saturated heterocycles. The number of hydrogen-bond acceptors (Lipinski definition) is 6. The van der Waals surface area contributed by atoms with E-state index >= 15 is 0 Å². The maximum absolute atomic E-state index is 13.3. The normalized spacial score (nSPS) is 12.0. The fourth-order valence-electron chi connectivity index (χ4n) is 3.95. The average molecular weight is 629 g/mol. The molecule has 0 radical (unpaired) electrons. The highest BCUT2D eigenvalue weighted by Gasteiger charge is 2.31. The monoisotopic (exact) mass is 628 g/mol. The van der Waals surface area contributed by atoms with Crippen LogP contribution in [0.15, 0.2) is 96.3 Å². The van der Waals surface area contributed by atoms with Crippen LogP contribution < -0.4 is 0 Å². The fourth-order valence-corrected chi connectivity index (χ4v) is 4.32. The minimum Gasteiger partial charge on any atom is -0.390 e. The van der Waals surface area contributed by atoms with Crippen LogP contribution in [0.5, 0.6) is 0 Å². The van der Waals surface area contributed by atoms with E-state index in [9.17, 15) is 17.6 Å². The minimum absolute atomic E-state index is 0.211. The summed E-state index contributed by atoms with van der Waals surface area (Å²) in [5.74, 6) is -6.45. The Balaban J connectivity index is 0.000000165. The van der Waals surface area contributed by atoms with E-state index in [-0.39, 0.29) is 11.1 Å². The SMILES string of the molecule is OCC(F)(F)c1ccc(-c2cnc3c(Br)cnn3c2)cc1.OCC(F)(F)c1ccc(-c2cnc3ccnn3c2)cc1. The van der Waals surface area contributed by atoms with Gasteiger partial charge in [-0.15, -0.1) is 0 Å². The van der Waals surface area contributed by atoms with Gasteiger partial charge in [-0.3, -0.25) is 0 Å². The highest BCUT2D eigenvalue weighted by atomic mass is 79.9. The summed E-state index contributed by atoms with van der Waals surface area (Å²) < 4.78 is 57.3. The van der Waals surface area contributed by atoms with Crippen LogP contribution in [0.4, 0.5) is 17.6 Å². The van der Waals surface area contributed by atoms with Crippen molar-refractivity contribution in [1.82, 2.24) is 29.2 Å². The predicted molar refractivity (Wildman–Crippen MR) is 147 cm³/mol. The largest absolute Gasteiger partial charge is 0.390 e. The molecule has 4 heterocycles. The third-order valence-electron chi connectivity index (χ3n) is 6.24. The van der Waals surface area contributed by atoms with Crippen molar-refractivity contribution < 1.29 is 27.8 Å². The van der Waals surface area contributed by atoms with Crippen LogP contribution >= 0.6 is 15.9 Å². The van der Waals surface area contributed by atoms with Crippen molar-refractivity contribution in [3.63, 3.8) is 0 Å². The number of aliphatic hydroxyl groups excluding tert-OH is 2. The van der Waals surface area contributed by atoms with E-state index < -0.39 is 25.1 Å². The Morgan fingerprint density at radius 1 is 0.634 bits per heavy atom. The summed E-state index contributed by atoms with van der Waals surface area (Å²) in [7, 11) is 0. The standard InChI is InChI=1S/C14H10BrF2N3O.C14H11F2N3O/c15-12-6-19-20-7-10(5-18-13(12)20)9-1-3-11(4-2-9)14(16,17)8-21;15-14(16,9-20)12-3-1-10(2-4-12)11-7-17-13-5-6-18-19(13)8-11/h1-7,21H,8H2;1-8,20H,9H2. The molecule has 0 amide bonds. The van der Waals surface area contributed by atoms with Gasteiger partial charge < -0.3 is 10.2 Å². The molecular weight excluding hydrogens is 608 g/mol. The summed E-state index contributed by atoms with van der Waals surface area (Å²) in [6.45, 7) is -2.41. The molecule has 0 unspecified atom stereocenters. The van der Waals surface area contributed by atoms with E-state index in [4.69, 9.17) is 10.2 Å². The molecule has 0 atom stereocenters. The molecule has 0 aliphatic carbocycles. The summed E-state index contributed by atoms with van der Waals surface area (Å²) in [4.78, 5) is 8.49. The van der Waals surface area contributed by atoms with Crippen molar-refractivity contribution in [1.29, 1.82) is 0 Å². The number of aliphatic hydroxyl groups is 2. The highest BCUT2D eigenvalue weighted by Crippen LogP contribution is 2.30. The number of hydrogen-bond donors (Lipinski definition) is 2. The molecule has 6 aromatic rings. The van der Waals surface area contributed by atoms with Crippen LogP contribution in [-0.4, -0.2) is 52.6 Å². The minimum atomic E-state index is -3.23. The van der Waals surface area contributed by atoms with E-state index in [1.807, 2.05) is 0 Å². The molecule has 0 aliphatic rings. The Bertz CT molecular complexity index is 1790. The summed E-state index contributed by atoms with van der Waals surface area (Å²) in [5, 5.41) is 25.5. The number of rotatable bonds is 6. The van der Waals surface area contributed by atoms with E-state index in [1.54, 1.807) is 76.5 Å². The molecule has 2 N–H and O–H groups in total. The van der Waals surface area contributed by atoms with Gasteiger partial charge in [0.05, 0.1) is 16.9 Å². The Kier molecular flexibility index (Phi) is 7.84. The Morgan fingerprint density at radius 3 is 1.68 bits per heavy atom. The first-order valence-corrected chi connectivity index (χ1v) is 12.9. The summed E-state index contributed by atoms with van der Waals surface area (Å²) in [6, 6.07) is 13.3. The van der Waals surface area contributed by atoms with Crippen molar-refractivity contribution in [2.24, 2.45) is 0 Å². The van der Waals surface area contributed by atoms with Gasteiger partial charge in [-0.1, -0.05) is 48.5 Å². The molecule has 0 saturated carbocycles. The Labute approximate surface area is 238 Å². The van der Waals surface area contributed by atoms with Crippen molar-refractivity contribution >= 4 is 27.2 Å². The van der Waals surface area contributed by atoms with Gasteiger partial charge in [0.15, 0.2) is 11.3 Å². The first-order chi connectivity index (χ1) is 19.6. The van der Waals surface area contributed by atoms with Gasteiger partial charge >= 0.3 is 0 Å². The number of halogens is 5. The van der Waals surface area contributed by atoms with E-state index in [2.05, 4.69) is 36.1 Å². The molecule has 0 spiro atoms. The average Bonchev–Trinajstić information content (AvgIpc) is 3.63. The van der Waals surface area contributed by atoms with E-state index in [0.717, 1.165) is 32.4 Å². The molecule has 0 aliphatic heterocycles. The lowest BCUT2D eigenvalue weighted by molar-refractivity contribution is -0.0558.